The zero-order valence-electron chi connectivity index (χ0n) is 8.48. The summed E-state index contributed by atoms with van der Waals surface area (Å²) in [5.41, 5.74) is 0.820. The van der Waals surface area contributed by atoms with Crippen molar-refractivity contribution < 1.29 is 13.5 Å². The van der Waals surface area contributed by atoms with Crippen LogP contribution in [0.3, 0.4) is 0 Å². The van der Waals surface area contributed by atoms with E-state index >= 15 is 0 Å². The fourth-order valence-corrected chi connectivity index (χ4v) is 2.28. The van der Waals surface area contributed by atoms with Gasteiger partial charge in [-0.1, -0.05) is 0 Å². The second-order valence-electron chi connectivity index (χ2n) is 3.35. The van der Waals surface area contributed by atoms with Gasteiger partial charge in [-0.15, -0.1) is 0 Å². The smallest absolute Gasteiger partial charge is 0.175 e. The fourth-order valence-electron chi connectivity index (χ4n) is 1.28. The van der Waals surface area contributed by atoms with Crippen LogP contribution in [0.2, 0.25) is 0 Å². The minimum Gasteiger partial charge on any atom is -0.508 e. The van der Waals surface area contributed by atoms with Crippen LogP contribution in [-0.4, -0.2) is 19.8 Å². The maximum absolute atomic E-state index is 11.4. The maximum Gasteiger partial charge on any atom is 0.175 e. The largest absolute Gasteiger partial charge is 0.508 e. The third kappa shape index (κ3) is 2.48. The van der Waals surface area contributed by atoms with E-state index in [1.807, 2.05) is 6.07 Å². The van der Waals surface area contributed by atoms with Gasteiger partial charge in [0.05, 0.1) is 17.4 Å². The molecule has 0 bridgehead atoms. The first-order valence-electron chi connectivity index (χ1n) is 4.25. The molecule has 0 atom stereocenters. The second kappa shape index (κ2) is 3.91. The molecule has 0 fully saturated rings. The van der Waals surface area contributed by atoms with Gasteiger partial charge in [-0.05, 0) is 30.2 Å². The molecule has 0 unspecified atom stereocenters. The Morgan fingerprint density at radius 2 is 2.07 bits per heavy atom. The highest BCUT2D eigenvalue weighted by Crippen LogP contribution is 2.25. The predicted octanol–water partition coefficient (Wildman–Crippen LogP) is 1.17. The van der Waals surface area contributed by atoms with Crippen LogP contribution >= 0.6 is 0 Å². The Bertz CT molecular complexity index is 526. The van der Waals surface area contributed by atoms with E-state index in [9.17, 15) is 13.5 Å². The summed E-state index contributed by atoms with van der Waals surface area (Å²) < 4.78 is 22.8. The number of aryl methyl sites for hydroxylation is 1. The van der Waals surface area contributed by atoms with Crippen LogP contribution in [0.5, 0.6) is 5.75 Å². The van der Waals surface area contributed by atoms with Crippen molar-refractivity contribution in [3.63, 3.8) is 0 Å². The number of rotatable bonds is 2. The molecule has 0 spiro atoms. The van der Waals surface area contributed by atoms with Crippen molar-refractivity contribution in [3.8, 4) is 11.8 Å². The Morgan fingerprint density at radius 3 is 2.53 bits per heavy atom. The van der Waals surface area contributed by atoms with Gasteiger partial charge in [-0.25, -0.2) is 8.42 Å². The van der Waals surface area contributed by atoms with Crippen molar-refractivity contribution in [2.75, 3.05) is 6.26 Å². The van der Waals surface area contributed by atoms with Gasteiger partial charge in [0.1, 0.15) is 5.75 Å². The van der Waals surface area contributed by atoms with Crippen molar-refractivity contribution in [2.24, 2.45) is 0 Å². The number of nitriles is 1. The first-order valence-corrected chi connectivity index (χ1v) is 6.15. The van der Waals surface area contributed by atoms with Gasteiger partial charge in [-0.2, -0.15) is 5.26 Å². The monoisotopic (exact) mass is 225 g/mol. The summed E-state index contributed by atoms with van der Waals surface area (Å²) in [6, 6.07) is 4.58. The van der Waals surface area contributed by atoms with Gasteiger partial charge in [0, 0.05) is 6.26 Å². The standard InChI is InChI=1S/C10H11NO3S/c1-7-5-10(15(2,13)14)8(3-4-11)6-9(7)12/h5-6,12H,3H2,1-2H3. The maximum atomic E-state index is 11.4. The van der Waals surface area contributed by atoms with Gasteiger partial charge in [0.25, 0.3) is 0 Å². The number of hydrogen-bond donors (Lipinski definition) is 1. The zero-order valence-corrected chi connectivity index (χ0v) is 9.30. The lowest BCUT2D eigenvalue weighted by atomic mass is 10.1. The van der Waals surface area contributed by atoms with Crippen molar-refractivity contribution in [2.45, 2.75) is 18.2 Å². The molecule has 0 heterocycles. The van der Waals surface area contributed by atoms with Gasteiger partial charge in [0.15, 0.2) is 9.84 Å². The van der Waals surface area contributed by atoms with Gasteiger partial charge in [-0.3, -0.25) is 0 Å². The van der Waals surface area contributed by atoms with E-state index in [0.717, 1.165) is 6.26 Å². The molecule has 80 valence electrons. The third-order valence-electron chi connectivity index (χ3n) is 2.05. The number of sulfone groups is 1. The first-order chi connectivity index (χ1) is 6.86. The lowest BCUT2D eigenvalue weighted by molar-refractivity contribution is 0.469. The SMILES string of the molecule is Cc1cc(S(C)(=O)=O)c(CC#N)cc1O. The second-order valence-corrected chi connectivity index (χ2v) is 5.34. The van der Waals surface area contributed by atoms with E-state index < -0.39 is 9.84 Å². The zero-order chi connectivity index (χ0) is 11.6. The summed E-state index contributed by atoms with van der Waals surface area (Å²) in [6.07, 6.45) is 1.05. The molecule has 0 aliphatic heterocycles. The minimum absolute atomic E-state index is 0.00708. The molecule has 1 rings (SSSR count). The molecule has 1 aromatic carbocycles. The molecular weight excluding hydrogens is 214 g/mol. The molecule has 5 heteroatoms. The Labute approximate surface area is 88.7 Å². The van der Waals surface area contributed by atoms with Crippen LogP contribution in [-0.2, 0) is 16.3 Å². The average Bonchev–Trinajstić information content (AvgIpc) is 2.09. The highest BCUT2D eigenvalue weighted by molar-refractivity contribution is 7.90. The molecule has 4 nitrogen and oxygen atoms in total. The molecule has 1 N–H and O–H groups in total. The highest BCUT2D eigenvalue weighted by atomic mass is 32.2. The number of phenols is 1. The summed E-state index contributed by atoms with van der Waals surface area (Å²) in [7, 11) is -3.36. The lowest BCUT2D eigenvalue weighted by Gasteiger charge is -2.07. The van der Waals surface area contributed by atoms with E-state index in [-0.39, 0.29) is 17.1 Å². The van der Waals surface area contributed by atoms with Crippen molar-refractivity contribution >= 4 is 9.84 Å². The molecule has 0 aliphatic carbocycles. The molecule has 0 saturated carbocycles. The van der Waals surface area contributed by atoms with Crippen LogP contribution < -0.4 is 0 Å². The Morgan fingerprint density at radius 1 is 1.47 bits per heavy atom. The predicted molar refractivity (Wildman–Crippen MR) is 55.3 cm³/mol. The highest BCUT2D eigenvalue weighted by Gasteiger charge is 2.15. The fraction of sp³-hybridized carbons (Fsp3) is 0.300. The average molecular weight is 225 g/mol. The van der Waals surface area contributed by atoms with Crippen LogP contribution in [0.4, 0.5) is 0 Å². The van der Waals surface area contributed by atoms with E-state index in [2.05, 4.69) is 0 Å². The number of aromatic hydroxyl groups is 1. The number of hydrogen-bond acceptors (Lipinski definition) is 4. The van der Waals surface area contributed by atoms with E-state index in [0.29, 0.717) is 11.1 Å². The topological polar surface area (TPSA) is 78.2 Å². The van der Waals surface area contributed by atoms with Crippen molar-refractivity contribution in [1.82, 2.24) is 0 Å². The summed E-state index contributed by atoms with van der Waals surface area (Å²) in [6.45, 7) is 1.61. The summed E-state index contributed by atoms with van der Waals surface area (Å²) in [5.74, 6) is 0.00708. The Hall–Kier alpha value is -1.54. The van der Waals surface area contributed by atoms with E-state index in [4.69, 9.17) is 5.26 Å². The Kier molecular flexibility index (Phi) is 3.01. The summed E-state index contributed by atoms with van der Waals surface area (Å²) in [4.78, 5) is 0.111. The van der Waals surface area contributed by atoms with Crippen LogP contribution in [0.25, 0.3) is 0 Å². The van der Waals surface area contributed by atoms with Crippen LogP contribution in [0.1, 0.15) is 11.1 Å². The molecule has 0 saturated heterocycles. The first kappa shape index (κ1) is 11.5. The van der Waals surface area contributed by atoms with E-state index in [1.165, 1.54) is 12.1 Å². The Balaban J connectivity index is 3.50. The number of benzene rings is 1. The molecule has 1 aromatic rings. The normalized spacial score (nSPS) is 11.0. The van der Waals surface area contributed by atoms with Crippen LogP contribution in [0.15, 0.2) is 17.0 Å². The summed E-state index contributed by atoms with van der Waals surface area (Å²) >= 11 is 0. The molecule has 0 aromatic heterocycles. The third-order valence-corrected chi connectivity index (χ3v) is 3.23. The number of nitrogens with zero attached hydrogens (tertiary/aromatic N) is 1. The van der Waals surface area contributed by atoms with Gasteiger partial charge >= 0.3 is 0 Å². The van der Waals surface area contributed by atoms with Gasteiger partial charge < -0.3 is 5.11 Å². The quantitative estimate of drug-likeness (QED) is 0.819. The van der Waals surface area contributed by atoms with Crippen LogP contribution in [0, 0.1) is 18.3 Å². The molecule has 0 amide bonds. The molecular formula is C10H11NO3S. The summed E-state index contributed by atoms with van der Waals surface area (Å²) in [5, 5.41) is 18.0. The van der Waals surface area contributed by atoms with Gasteiger partial charge in [0.2, 0.25) is 0 Å². The lowest BCUT2D eigenvalue weighted by Crippen LogP contribution is -2.02. The van der Waals surface area contributed by atoms with Crippen molar-refractivity contribution in [3.05, 3.63) is 23.3 Å². The van der Waals surface area contributed by atoms with Crippen molar-refractivity contribution in [1.29, 1.82) is 5.26 Å². The molecule has 0 aliphatic rings. The minimum atomic E-state index is -3.36. The molecule has 0 radical (unpaired) electrons. The molecule has 15 heavy (non-hydrogen) atoms. The number of phenolic OH excluding ortho intramolecular Hbond substituents is 1. The van der Waals surface area contributed by atoms with E-state index in [1.54, 1.807) is 6.92 Å².